The van der Waals surface area contributed by atoms with Gasteiger partial charge in [-0.25, -0.2) is 8.42 Å². The molecule has 0 saturated carbocycles. The van der Waals surface area contributed by atoms with Crippen molar-refractivity contribution in [2.24, 2.45) is 5.41 Å². The number of hydrogen-bond donors (Lipinski definition) is 0. The van der Waals surface area contributed by atoms with Crippen LogP contribution in [0, 0.1) is 5.41 Å². The van der Waals surface area contributed by atoms with E-state index in [1.165, 1.54) is 22.5 Å². The van der Waals surface area contributed by atoms with Crippen molar-refractivity contribution in [1.82, 2.24) is 9.21 Å². The third-order valence-electron chi connectivity index (χ3n) is 6.71. The van der Waals surface area contributed by atoms with Gasteiger partial charge in [0, 0.05) is 48.6 Å². The van der Waals surface area contributed by atoms with Crippen LogP contribution < -0.4 is 4.74 Å². The summed E-state index contributed by atoms with van der Waals surface area (Å²) in [7, 11) is -2.17. The van der Waals surface area contributed by atoms with Gasteiger partial charge in [-0.1, -0.05) is 65.1 Å². The standard InChI is InChI=1S/C28H29Cl3N2O4S/c1-32(18-21-6-3-2-4-7-21)27(34)17-28(20-37-24-11-8-22(29)9-12-24)14-5-15-33(19-28)38(35,36)26-13-10-23(30)16-25(26)31/h2-4,6-13,16H,5,14-15,17-20H2,1H3/t28-/m0/s1. The zero-order valence-corrected chi connectivity index (χ0v) is 24.0. The minimum Gasteiger partial charge on any atom is -0.493 e. The highest BCUT2D eigenvalue weighted by Crippen LogP contribution is 2.38. The van der Waals surface area contributed by atoms with Gasteiger partial charge in [-0.3, -0.25) is 4.79 Å². The first-order valence-corrected chi connectivity index (χ1v) is 14.8. The quantitative estimate of drug-likeness (QED) is 0.282. The topological polar surface area (TPSA) is 66.9 Å². The molecule has 0 bridgehead atoms. The molecule has 0 N–H and O–H groups in total. The van der Waals surface area contributed by atoms with E-state index < -0.39 is 15.4 Å². The molecule has 0 spiro atoms. The van der Waals surface area contributed by atoms with Crippen molar-refractivity contribution < 1.29 is 17.9 Å². The summed E-state index contributed by atoms with van der Waals surface area (Å²) in [5, 5.41) is 0.995. The summed E-state index contributed by atoms with van der Waals surface area (Å²) in [5.74, 6) is 0.511. The first-order chi connectivity index (χ1) is 18.1. The predicted octanol–water partition coefficient (Wildman–Crippen LogP) is 6.55. The molecule has 1 aliphatic heterocycles. The number of nitrogens with zero attached hydrogens (tertiary/aromatic N) is 2. The molecule has 1 atom stereocenters. The Morgan fingerprint density at radius 1 is 1.00 bits per heavy atom. The third kappa shape index (κ3) is 7.01. The van der Waals surface area contributed by atoms with Crippen LogP contribution in [0.25, 0.3) is 0 Å². The number of rotatable bonds is 9. The normalized spacial score (nSPS) is 18.2. The minimum absolute atomic E-state index is 0.00879. The second-order valence-electron chi connectivity index (χ2n) is 9.67. The van der Waals surface area contributed by atoms with E-state index in [4.69, 9.17) is 39.5 Å². The Balaban J connectivity index is 1.59. The van der Waals surface area contributed by atoms with Gasteiger partial charge in [-0.2, -0.15) is 4.31 Å². The number of amides is 1. The maximum absolute atomic E-state index is 13.6. The summed E-state index contributed by atoms with van der Waals surface area (Å²) in [5.41, 5.74) is 0.270. The summed E-state index contributed by atoms with van der Waals surface area (Å²) in [6.07, 6.45) is 1.33. The van der Waals surface area contributed by atoms with Gasteiger partial charge in [-0.15, -0.1) is 0 Å². The first-order valence-electron chi connectivity index (χ1n) is 12.2. The molecule has 1 fully saturated rings. The van der Waals surface area contributed by atoms with Crippen LogP contribution in [0.4, 0.5) is 0 Å². The van der Waals surface area contributed by atoms with E-state index in [9.17, 15) is 13.2 Å². The number of piperidine rings is 1. The van der Waals surface area contributed by atoms with Crippen molar-refractivity contribution in [1.29, 1.82) is 0 Å². The Bertz CT molecular complexity index is 1370. The molecule has 202 valence electrons. The number of halogens is 3. The Hall–Kier alpha value is -2.29. The lowest BCUT2D eigenvalue weighted by atomic mass is 9.78. The molecule has 1 aliphatic rings. The fraction of sp³-hybridized carbons (Fsp3) is 0.321. The first kappa shape index (κ1) is 28.7. The molecule has 1 saturated heterocycles. The van der Waals surface area contributed by atoms with Gasteiger partial charge >= 0.3 is 0 Å². The summed E-state index contributed by atoms with van der Waals surface area (Å²) in [6, 6.07) is 21.0. The van der Waals surface area contributed by atoms with Gasteiger partial charge < -0.3 is 9.64 Å². The molecule has 38 heavy (non-hydrogen) atoms. The summed E-state index contributed by atoms with van der Waals surface area (Å²) < 4.78 is 34.8. The maximum Gasteiger partial charge on any atom is 0.244 e. The number of ether oxygens (including phenoxy) is 1. The molecule has 6 nitrogen and oxygen atoms in total. The fourth-order valence-corrected chi connectivity index (χ4v) is 7.14. The number of carbonyl (C=O) groups is 1. The van der Waals surface area contributed by atoms with E-state index in [1.807, 2.05) is 30.3 Å². The van der Waals surface area contributed by atoms with Gasteiger partial charge in [0.2, 0.25) is 15.9 Å². The number of benzene rings is 3. The average molecular weight is 596 g/mol. The lowest BCUT2D eigenvalue weighted by Gasteiger charge is -2.42. The number of carbonyl (C=O) groups excluding carboxylic acids is 1. The van der Waals surface area contributed by atoms with Gasteiger partial charge in [0.25, 0.3) is 0 Å². The highest BCUT2D eigenvalue weighted by Gasteiger charge is 2.43. The van der Waals surface area contributed by atoms with Crippen molar-refractivity contribution >= 4 is 50.7 Å². The van der Waals surface area contributed by atoms with Crippen molar-refractivity contribution in [3.8, 4) is 5.75 Å². The maximum atomic E-state index is 13.6. The Labute approximate surface area is 239 Å². The molecule has 0 unspecified atom stereocenters. The van der Waals surface area contributed by atoms with Crippen LogP contribution in [-0.4, -0.2) is 50.3 Å². The van der Waals surface area contributed by atoms with Crippen molar-refractivity contribution in [2.45, 2.75) is 30.7 Å². The van der Waals surface area contributed by atoms with Crippen molar-refractivity contribution in [3.63, 3.8) is 0 Å². The molecule has 3 aromatic carbocycles. The third-order valence-corrected chi connectivity index (χ3v) is 9.53. The molecular formula is C28H29Cl3N2O4S. The molecule has 3 aromatic rings. The highest BCUT2D eigenvalue weighted by molar-refractivity contribution is 7.89. The van der Waals surface area contributed by atoms with Crippen LogP contribution in [-0.2, 0) is 21.4 Å². The molecule has 1 heterocycles. The van der Waals surface area contributed by atoms with E-state index in [0.29, 0.717) is 41.7 Å². The van der Waals surface area contributed by atoms with Crippen LogP contribution in [0.5, 0.6) is 5.75 Å². The van der Waals surface area contributed by atoms with E-state index in [1.54, 1.807) is 36.2 Å². The van der Waals surface area contributed by atoms with Crippen LogP contribution in [0.1, 0.15) is 24.8 Å². The highest BCUT2D eigenvalue weighted by atomic mass is 35.5. The van der Waals surface area contributed by atoms with Crippen LogP contribution in [0.2, 0.25) is 15.1 Å². The van der Waals surface area contributed by atoms with Crippen molar-refractivity contribution in [2.75, 3.05) is 26.7 Å². The summed E-state index contributed by atoms with van der Waals surface area (Å²) >= 11 is 18.3. The molecule has 10 heteroatoms. The van der Waals surface area contributed by atoms with Crippen LogP contribution in [0.3, 0.4) is 0 Å². The van der Waals surface area contributed by atoms with Crippen molar-refractivity contribution in [3.05, 3.63) is 93.4 Å². The molecule has 4 rings (SSSR count). The lowest BCUT2D eigenvalue weighted by Crippen LogP contribution is -2.50. The molecule has 0 aliphatic carbocycles. The smallest absolute Gasteiger partial charge is 0.244 e. The monoisotopic (exact) mass is 594 g/mol. The van der Waals surface area contributed by atoms with Gasteiger partial charge in [0.05, 0.1) is 11.6 Å². The SMILES string of the molecule is CN(Cc1ccccc1)C(=O)C[C@@]1(COc2ccc(Cl)cc2)CCCN(S(=O)(=O)c2ccc(Cl)cc2Cl)C1. The second kappa shape index (κ2) is 12.3. The predicted molar refractivity (Wildman–Crippen MR) is 151 cm³/mol. The molecule has 0 aromatic heterocycles. The molecular weight excluding hydrogens is 567 g/mol. The largest absolute Gasteiger partial charge is 0.493 e. The van der Waals surface area contributed by atoms with Crippen LogP contribution in [0.15, 0.2) is 77.7 Å². The molecule has 1 amide bonds. The van der Waals surface area contributed by atoms with Gasteiger partial charge in [0.15, 0.2) is 0 Å². The Morgan fingerprint density at radius 3 is 2.37 bits per heavy atom. The minimum atomic E-state index is -3.93. The Kier molecular flexibility index (Phi) is 9.27. The average Bonchev–Trinajstić information content (AvgIpc) is 2.89. The number of hydrogen-bond acceptors (Lipinski definition) is 4. The zero-order chi connectivity index (χ0) is 27.3. The van der Waals surface area contributed by atoms with E-state index in [-0.39, 0.29) is 35.4 Å². The van der Waals surface area contributed by atoms with E-state index in [2.05, 4.69) is 0 Å². The fourth-order valence-electron chi connectivity index (χ4n) is 4.67. The molecule has 0 radical (unpaired) electrons. The second-order valence-corrected chi connectivity index (χ2v) is 12.9. The lowest BCUT2D eigenvalue weighted by molar-refractivity contribution is -0.134. The zero-order valence-electron chi connectivity index (χ0n) is 20.9. The summed E-state index contributed by atoms with van der Waals surface area (Å²) in [4.78, 5) is 15.1. The Morgan fingerprint density at radius 2 is 1.68 bits per heavy atom. The van der Waals surface area contributed by atoms with Gasteiger partial charge in [0.1, 0.15) is 10.6 Å². The van der Waals surface area contributed by atoms with Gasteiger partial charge in [-0.05, 0) is 60.9 Å². The van der Waals surface area contributed by atoms with E-state index >= 15 is 0 Å². The summed E-state index contributed by atoms with van der Waals surface area (Å²) in [6.45, 7) is 1.06. The number of sulfonamides is 1. The van der Waals surface area contributed by atoms with Crippen LogP contribution >= 0.6 is 34.8 Å². The van der Waals surface area contributed by atoms with E-state index in [0.717, 1.165) is 5.56 Å².